The average molecular weight is 362 g/mol. The van der Waals surface area contributed by atoms with Crippen molar-refractivity contribution in [2.24, 2.45) is 0 Å². The molecule has 7 nitrogen and oxygen atoms in total. The van der Waals surface area contributed by atoms with E-state index in [1.165, 1.54) is 30.3 Å². The number of nitrogens with one attached hydrogen (secondary N) is 2. The molecule has 2 rings (SSSR count). The van der Waals surface area contributed by atoms with Crippen LogP contribution in [0.3, 0.4) is 0 Å². The molecule has 0 saturated heterocycles. The average Bonchev–Trinajstić information content (AvgIpc) is 2.58. The van der Waals surface area contributed by atoms with Gasteiger partial charge in [-0.05, 0) is 30.7 Å². The summed E-state index contributed by atoms with van der Waals surface area (Å²) in [4.78, 5) is 34.2. The molecule has 2 aromatic carbocycles. The molecule has 0 aromatic heterocycles. The van der Waals surface area contributed by atoms with Gasteiger partial charge in [-0.3, -0.25) is 19.7 Å². The van der Waals surface area contributed by atoms with Crippen LogP contribution in [0.25, 0.3) is 0 Å². The molecule has 0 saturated carbocycles. The molecule has 0 bridgehead atoms. The highest BCUT2D eigenvalue weighted by molar-refractivity contribution is 6.34. The standard InChI is InChI=1S/C17H16ClN3O4/c1-2-4-16(22)19-12-7-8-14(18)15(10-12)20-17(23)11-5-3-6-13(9-11)21(24)25/h3,5-10H,2,4H2,1H3,(H,19,22)(H,20,23). The van der Waals surface area contributed by atoms with E-state index in [1.807, 2.05) is 6.92 Å². The van der Waals surface area contributed by atoms with Crippen molar-refractivity contribution in [3.8, 4) is 0 Å². The summed E-state index contributed by atoms with van der Waals surface area (Å²) in [6.45, 7) is 1.89. The number of rotatable bonds is 6. The van der Waals surface area contributed by atoms with Crippen LogP contribution >= 0.6 is 11.6 Å². The van der Waals surface area contributed by atoms with Gasteiger partial charge in [-0.15, -0.1) is 0 Å². The number of hydrogen-bond acceptors (Lipinski definition) is 4. The first-order chi connectivity index (χ1) is 11.9. The molecule has 25 heavy (non-hydrogen) atoms. The molecule has 0 radical (unpaired) electrons. The lowest BCUT2D eigenvalue weighted by molar-refractivity contribution is -0.384. The normalized spacial score (nSPS) is 10.2. The van der Waals surface area contributed by atoms with Gasteiger partial charge in [0.1, 0.15) is 0 Å². The topological polar surface area (TPSA) is 101 Å². The Balaban J connectivity index is 2.18. The van der Waals surface area contributed by atoms with Gasteiger partial charge in [0.2, 0.25) is 5.91 Å². The van der Waals surface area contributed by atoms with E-state index in [0.29, 0.717) is 17.8 Å². The van der Waals surface area contributed by atoms with Gasteiger partial charge < -0.3 is 10.6 Å². The minimum atomic E-state index is -0.576. The molecule has 0 aliphatic carbocycles. The first-order valence-electron chi connectivity index (χ1n) is 7.56. The second-order valence-corrected chi connectivity index (χ2v) is 5.66. The lowest BCUT2D eigenvalue weighted by Crippen LogP contribution is -2.14. The Morgan fingerprint density at radius 1 is 1.16 bits per heavy atom. The number of hydrogen-bond donors (Lipinski definition) is 2. The third-order valence-electron chi connectivity index (χ3n) is 3.29. The zero-order valence-corrected chi connectivity index (χ0v) is 14.2. The molecule has 2 aromatic rings. The van der Waals surface area contributed by atoms with Crippen LogP contribution < -0.4 is 10.6 Å². The van der Waals surface area contributed by atoms with Crippen LogP contribution in [0.2, 0.25) is 5.02 Å². The fraction of sp³-hybridized carbons (Fsp3) is 0.176. The lowest BCUT2D eigenvalue weighted by Gasteiger charge is -2.10. The molecule has 0 heterocycles. The Kier molecular flexibility index (Phi) is 6.08. The van der Waals surface area contributed by atoms with E-state index >= 15 is 0 Å². The zero-order chi connectivity index (χ0) is 18.4. The van der Waals surface area contributed by atoms with Gasteiger partial charge in [0, 0.05) is 29.8 Å². The van der Waals surface area contributed by atoms with E-state index in [9.17, 15) is 19.7 Å². The molecule has 0 aliphatic rings. The highest BCUT2D eigenvalue weighted by Crippen LogP contribution is 2.26. The number of carbonyl (C=O) groups excluding carboxylic acids is 2. The fourth-order valence-electron chi connectivity index (χ4n) is 2.10. The summed E-state index contributed by atoms with van der Waals surface area (Å²) in [5.74, 6) is -0.677. The van der Waals surface area contributed by atoms with Crippen molar-refractivity contribution in [2.75, 3.05) is 10.6 Å². The molecular formula is C17H16ClN3O4. The van der Waals surface area contributed by atoms with Gasteiger partial charge in [0.25, 0.3) is 11.6 Å². The van der Waals surface area contributed by atoms with E-state index in [2.05, 4.69) is 10.6 Å². The summed E-state index contributed by atoms with van der Waals surface area (Å²) in [5, 5.41) is 16.4. The Labute approximate surface area is 149 Å². The number of nitrogens with zero attached hydrogens (tertiary/aromatic N) is 1. The van der Waals surface area contributed by atoms with Crippen LogP contribution in [-0.4, -0.2) is 16.7 Å². The monoisotopic (exact) mass is 361 g/mol. The Morgan fingerprint density at radius 2 is 1.92 bits per heavy atom. The zero-order valence-electron chi connectivity index (χ0n) is 13.4. The maximum Gasteiger partial charge on any atom is 0.270 e. The molecule has 0 atom stereocenters. The molecule has 0 spiro atoms. The van der Waals surface area contributed by atoms with Crippen molar-refractivity contribution in [2.45, 2.75) is 19.8 Å². The number of benzene rings is 2. The summed E-state index contributed by atoms with van der Waals surface area (Å²) in [6.07, 6.45) is 1.10. The molecule has 2 N–H and O–H groups in total. The van der Waals surface area contributed by atoms with Crippen LogP contribution in [0.15, 0.2) is 42.5 Å². The molecule has 0 aliphatic heterocycles. The largest absolute Gasteiger partial charge is 0.326 e. The van der Waals surface area contributed by atoms with Gasteiger partial charge in [-0.25, -0.2) is 0 Å². The van der Waals surface area contributed by atoms with Crippen molar-refractivity contribution in [1.82, 2.24) is 0 Å². The van der Waals surface area contributed by atoms with E-state index in [4.69, 9.17) is 11.6 Å². The van der Waals surface area contributed by atoms with Crippen LogP contribution in [0, 0.1) is 10.1 Å². The molecule has 8 heteroatoms. The smallest absolute Gasteiger partial charge is 0.270 e. The summed E-state index contributed by atoms with van der Waals surface area (Å²) < 4.78 is 0. The molecule has 0 fully saturated rings. The first kappa shape index (κ1) is 18.4. The maximum absolute atomic E-state index is 12.3. The van der Waals surface area contributed by atoms with E-state index < -0.39 is 10.8 Å². The Morgan fingerprint density at radius 3 is 2.60 bits per heavy atom. The Bertz CT molecular complexity index is 823. The quantitative estimate of drug-likeness (QED) is 0.593. The minimum absolute atomic E-state index is 0.130. The highest BCUT2D eigenvalue weighted by Gasteiger charge is 2.13. The second-order valence-electron chi connectivity index (χ2n) is 5.25. The first-order valence-corrected chi connectivity index (χ1v) is 7.93. The number of nitro groups is 1. The second kappa shape index (κ2) is 8.25. The van der Waals surface area contributed by atoms with Gasteiger partial charge in [-0.2, -0.15) is 0 Å². The van der Waals surface area contributed by atoms with E-state index in [1.54, 1.807) is 12.1 Å². The van der Waals surface area contributed by atoms with Gasteiger partial charge in [0.05, 0.1) is 15.6 Å². The summed E-state index contributed by atoms with van der Waals surface area (Å²) in [7, 11) is 0. The van der Waals surface area contributed by atoms with Crippen molar-refractivity contribution in [1.29, 1.82) is 0 Å². The fourth-order valence-corrected chi connectivity index (χ4v) is 2.27. The summed E-state index contributed by atoms with van der Waals surface area (Å²) in [6, 6.07) is 10.1. The number of nitro benzene ring substituents is 1. The van der Waals surface area contributed by atoms with Crippen LogP contribution in [0.1, 0.15) is 30.1 Å². The third kappa shape index (κ3) is 5.02. The van der Waals surface area contributed by atoms with Crippen LogP contribution in [-0.2, 0) is 4.79 Å². The predicted molar refractivity (Wildman–Crippen MR) is 96.0 cm³/mol. The molecule has 0 unspecified atom stereocenters. The number of carbonyl (C=O) groups is 2. The van der Waals surface area contributed by atoms with E-state index in [-0.39, 0.29) is 22.2 Å². The molecule has 130 valence electrons. The number of halogens is 1. The number of amides is 2. The van der Waals surface area contributed by atoms with Crippen molar-refractivity contribution >= 4 is 40.5 Å². The SMILES string of the molecule is CCCC(=O)Nc1ccc(Cl)c(NC(=O)c2cccc([N+](=O)[O-])c2)c1. The van der Waals surface area contributed by atoms with E-state index in [0.717, 1.165) is 6.42 Å². The highest BCUT2D eigenvalue weighted by atomic mass is 35.5. The van der Waals surface area contributed by atoms with Crippen molar-refractivity contribution in [3.63, 3.8) is 0 Å². The Hall–Kier alpha value is -2.93. The number of anilines is 2. The van der Waals surface area contributed by atoms with Gasteiger partial charge in [-0.1, -0.05) is 24.6 Å². The molecular weight excluding hydrogens is 346 g/mol. The van der Waals surface area contributed by atoms with Gasteiger partial charge >= 0.3 is 0 Å². The summed E-state index contributed by atoms with van der Waals surface area (Å²) >= 11 is 6.07. The van der Waals surface area contributed by atoms with Crippen LogP contribution in [0.4, 0.5) is 17.1 Å². The predicted octanol–water partition coefficient (Wildman–Crippen LogP) is 4.24. The summed E-state index contributed by atoms with van der Waals surface area (Å²) in [5.41, 5.74) is 0.745. The van der Waals surface area contributed by atoms with Crippen LogP contribution in [0.5, 0.6) is 0 Å². The third-order valence-corrected chi connectivity index (χ3v) is 3.62. The van der Waals surface area contributed by atoms with Crippen molar-refractivity contribution < 1.29 is 14.5 Å². The van der Waals surface area contributed by atoms with Gasteiger partial charge in [0.15, 0.2) is 0 Å². The minimum Gasteiger partial charge on any atom is -0.326 e. The lowest BCUT2D eigenvalue weighted by atomic mass is 10.2. The van der Waals surface area contributed by atoms with Crippen molar-refractivity contribution in [3.05, 3.63) is 63.2 Å². The number of non-ortho nitro benzene ring substituents is 1. The maximum atomic E-state index is 12.3. The molecule has 2 amide bonds.